The van der Waals surface area contributed by atoms with Gasteiger partial charge in [-0.25, -0.2) is 4.99 Å². The van der Waals surface area contributed by atoms with E-state index in [1.807, 2.05) is 32.0 Å². The molecule has 0 bridgehead atoms. The highest BCUT2D eigenvalue weighted by molar-refractivity contribution is 14.0. The summed E-state index contributed by atoms with van der Waals surface area (Å²) in [7, 11) is 3.46. The van der Waals surface area contributed by atoms with Crippen LogP contribution in [0.3, 0.4) is 0 Å². The molecule has 6 nitrogen and oxygen atoms in total. The number of carbonyl (C=O) groups is 1. The number of halogens is 2. The standard InChI is InChI=1S/C18H29ClN4O2.HI/c1-5-25-10-6-9-20-18(22-13-17(24)23(3)4)21-12-15-7-8-16(19)14(2)11-15;/h7-8,11H,5-6,9-10,12-13H2,1-4H3,(H2,20,21,22);1H. The first-order valence-corrected chi connectivity index (χ1v) is 8.87. The van der Waals surface area contributed by atoms with Gasteiger partial charge in [-0.1, -0.05) is 23.7 Å². The van der Waals surface area contributed by atoms with Gasteiger partial charge in [0.15, 0.2) is 5.96 Å². The number of carbonyl (C=O) groups excluding carboxylic acids is 1. The average Bonchev–Trinajstić information content (AvgIpc) is 2.58. The number of aliphatic imine (C=N–C) groups is 1. The lowest BCUT2D eigenvalue weighted by molar-refractivity contribution is -0.127. The number of nitrogens with zero attached hydrogens (tertiary/aromatic N) is 2. The third-order valence-corrected chi connectivity index (χ3v) is 3.93. The predicted molar refractivity (Wildman–Crippen MR) is 119 cm³/mol. The van der Waals surface area contributed by atoms with Crippen molar-refractivity contribution in [3.63, 3.8) is 0 Å². The molecule has 0 unspecified atom stereocenters. The minimum Gasteiger partial charge on any atom is -0.382 e. The molecule has 0 atom stereocenters. The highest BCUT2D eigenvalue weighted by atomic mass is 127. The van der Waals surface area contributed by atoms with Crippen molar-refractivity contribution in [3.05, 3.63) is 34.3 Å². The number of nitrogens with one attached hydrogen (secondary N) is 2. The maximum atomic E-state index is 11.8. The fourth-order valence-electron chi connectivity index (χ4n) is 1.99. The predicted octanol–water partition coefficient (Wildman–Crippen LogP) is 2.82. The third kappa shape index (κ3) is 10.2. The summed E-state index contributed by atoms with van der Waals surface area (Å²) in [5.41, 5.74) is 2.09. The fourth-order valence-corrected chi connectivity index (χ4v) is 2.11. The number of guanidine groups is 1. The van der Waals surface area contributed by atoms with Crippen LogP contribution < -0.4 is 10.6 Å². The van der Waals surface area contributed by atoms with E-state index in [0.29, 0.717) is 25.7 Å². The molecule has 0 aliphatic carbocycles. The van der Waals surface area contributed by atoms with E-state index < -0.39 is 0 Å². The van der Waals surface area contributed by atoms with Gasteiger partial charge in [0.05, 0.1) is 13.1 Å². The van der Waals surface area contributed by atoms with Crippen LogP contribution in [0.4, 0.5) is 0 Å². The molecule has 0 aromatic heterocycles. The number of hydrogen-bond donors (Lipinski definition) is 2. The first-order chi connectivity index (χ1) is 11.9. The van der Waals surface area contributed by atoms with Crippen molar-refractivity contribution in [1.29, 1.82) is 0 Å². The molecule has 0 spiro atoms. The van der Waals surface area contributed by atoms with Gasteiger partial charge in [0.1, 0.15) is 0 Å². The van der Waals surface area contributed by atoms with Gasteiger partial charge in [0, 0.05) is 38.9 Å². The number of likely N-dealkylation sites (N-methyl/N-ethyl adjacent to an activating group) is 1. The van der Waals surface area contributed by atoms with Gasteiger partial charge in [0.2, 0.25) is 5.91 Å². The Balaban J connectivity index is 0.00000625. The molecule has 2 N–H and O–H groups in total. The van der Waals surface area contributed by atoms with Crippen molar-refractivity contribution < 1.29 is 9.53 Å². The number of ether oxygens (including phenoxy) is 1. The van der Waals surface area contributed by atoms with Gasteiger partial charge >= 0.3 is 0 Å². The number of amides is 1. The lowest BCUT2D eigenvalue weighted by Gasteiger charge is -2.15. The van der Waals surface area contributed by atoms with Gasteiger partial charge in [-0.15, -0.1) is 24.0 Å². The van der Waals surface area contributed by atoms with E-state index in [1.54, 1.807) is 19.0 Å². The zero-order chi connectivity index (χ0) is 18.7. The van der Waals surface area contributed by atoms with Gasteiger partial charge in [-0.05, 0) is 37.5 Å². The summed E-state index contributed by atoms with van der Waals surface area (Å²) in [4.78, 5) is 17.9. The monoisotopic (exact) mass is 496 g/mol. The number of hydrogen-bond acceptors (Lipinski definition) is 3. The van der Waals surface area contributed by atoms with Gasteiger partial charge in [0.25, 0.3) is 0 Å². The molecule has 0 saturated carbocycles. The van der Waals surface area contributed by atoms with Crippen LogP contribution in [-0.4, -0.2) is 57.2 Å². The summed E-state index contributed by atoms with van der Waals surface area (Å²) in [5.74, 6) is 0.602. The normalized spacial score (nSPS) is 10.9. The van der Waals surface area contributed by atoms with E-state index >= 15 is 0 Å². The molecule has 0 radical (unpaired) electrons. The number of aryl methyl sites for hydroxylation is 1. The molecule has 0 saturated heterocycles. The largest absolute Gasteiger partial charge is 0.382 e. The molecule has 0 fully saturated rings. The molecular weight excluding hydrogens is 467 g/mol. The second-order valence-corrected chi connectivity index (χ2v) is 6.27. The number of benzene rings is 1. The lowest BCUT2D eigenvalue weighted by atomic mass is 10.1. The van der Waals surface area contributed by atoms with Crippen molar-refractivity contribution in [2.45, 2.75) is 26.8 Å². The molecular formula is C18H30ClIN4O2. The highest BCUT2D eigenvalue weighted by Gasteiger charge is 2.06. The molecule has 26 heavy (non-hydrogen) atoms. The van der Waals surface area contributed by atoms with Crippen LogP contribution in [0.5, 0.6) is 0 Å². The Morgan fingerprint density at radius 3 is 2.65 bits per heavy atom. The highest BCUT2D eigenvalue weighted by Crippen LogP contribution is 2.16. The van der Waals surface area contributed by atoms with Crippen LogP contribution in [0, 0.1) is 6.92 Å². The van der Waals surface area contributed by atoms with Crippen LogP contribution in [0.25, 0.3) is 0 Å². The molecule has 8 heteroatoms. The van der Waals surface area contributed by atoms with Crippen LogP contribution >= 0.6 is 35.6 Å². The van der Waals surface area contributed by atoms with Crippen molar-refractivity contribution in [2.75, 3.05) is 40.4 Å². The summed E-state index contributed by atoms with van der Waals surface area (Å²) in [5, 5.41) is 7.05. The van der Waals surface area contributed by atoms with Gasteiger partial charge in [-0.2, -0.15) is 0 Å². The quantitative estimate of drug-likeness (QED) is 0.239. The van der Waals surface area contributed by atoms with E-state index in [4.69, 9.17) is 16.3 Å². The van der Waals surface area contributed by atoms with Crippen molar-refractivity contribution in [3.8, 4) is 0 Å². The van der Waals surface area contributed by atoms with Crippen molar-refractivity contribution >= 4 is 47.4 Å². The van der Waals surface area contributed by atoms with Gasteiger partial charge in [-0.3, -0.25) is 4.79 Å². The molecule has 1 amide bonds. The summed E-state index contributed by atoms with van der Waals surface area (Å²) in [6.07, 6.45) is 0.871. The molecule has 0 aliphatic rings. The second kappa shape index (κ2) is 14.1. The zero-order valence-electron chi connectivity index (χ0n) is 16.0. The second-order valence-electron chi connectivity index (χ2n) is 5.87. The summed E-state index contributed by atoms with van der Waals surface area (Å²) in [6, 6.07) is 5.85. The third-order valence-electron chi connectivity index (χ3n) is 3.51. The van der Waals surface area contributed by atoms with Crippen LogP contribution in [0.1, 0.15) is 24.5 Å². The minimum absolute atomic E-state index is 0. The molecule has 0 heterocycles. The first-order valence-electron chi connectivity index (χ1n) is 8.49. The average molecular weight is 497 g/mol. The van der Waals surface area contributed by atoms with Crippen molar-refractivity contribution in [1.82, 2.24) is 15.5 Å². The molecule has 0 aliphatic heterocycles. The molecule has 1 aromatic rings. The van der Waals surface area contributed by atoms with Crippen LogP contribution in [-0.2, 0) is 16.1 Å². The fraction of sp³-hybridized carbons (Fsp3) is 0.556. The minimum atomic E-state index is -0.00819. The van der Waals surface area contributed by atoms with Crippen molar-refractivity contribution in [2.24, 2.45) is 4.99 Å². The van der Waals surface area contributed by atoms with E-state index in [9.17, 15) is 4.79 Å². The smallest absolute Gasteiger partial charge is 0.241 e. The van der Waals surface area contributed by atoms with E-state index in [-0.39, 0.29) is 36.4 Å². The Bertz CT molecular complexity index is 582. The van der Waals surface area contributed by atoms with Crippen LogP contribution in [0.2, 0.25) is 5.02 Å². The lowest BCUT2D eigenvalue weighted by Crippen LogP contribution is -2.43. The Morgan fingerprint density at radius 2 is 2.04 bits per heavy atom. The van der Waals surface area contributed by atoms with Gasteiger partial charge < -0.3 is 20.3 Å². The Hall–Kier alpha value is -1.06. The van der Waals surface area contributed by atoms with Crippen LogP contribution in [0.15, 0.2) is 23.2 Å². The van der Waals surface area contributed by atoms with E-state index in [0.717, 1.165) is 29.1 Å². The first kappa shape index (κ1) is 24.9. The Labute approximate surface area is 178 Å². The topological polar surface area (TPSA) is 66.0 Å². The zero-order valence-corrected chi connectivity index (χ0v) is 19.1. The summed E-state index contributed by atoms with van der Waals surface area (Å²) in [6.45, 7) is 6.79. The summed E-state index contributed by atoms with van der Waals surface area (Å²) >= 11 is 6.05. The Kier molecular flexibility index (Phi) is 13.5. The summed E-state index contributed by atoms with van der Waals surface area (Å²) < 4.78 is 5.33. The van der Waals surface area contributed by atoms with E-state index in [1.165, 1.54) is 0 Å². The maximum Gasteiger partial charge on any atom is 0.241 e. The molecule has 148 valence electrons. The van der Waals surface area contributed by atoms with E-state index in [2.05, 4.69) is 15.6 Å². The SMILES string of the molecule is CCOCCCNC(=NCc1ccc(Cl)c(C)c1)NCC(=O)N(C)C.I. The number of rotatable bonds is 9. The Morgan fingerprint density at radius 1 is 1.31 bits per heavy atom. The molecule has 1 aromatic carbocycles. The maximum absolute atomic E-state index is 11.8. The molecule has 1 rings (SSSR count).